The highest BCUT2D eigenvalue weighted by molar-refractivity contribution is 5.47. The molecule has 4 nitrogen and oxygen atoms in total. The van der Waals surface area contributed by atoms with Gasteiger partial charge in [-0.1, -0.05) is 13.8 Å². The molecule has 1 heterocycles. The summed E-state index contributed by atoms with van der Waals surface area (Å²) in [7, 11) is 1.87. The van der Waals surface area contributed by atoms with Gasteiger partial charge in [-0.05, 0) is 6.42 Å². The van der Waals surface area contributed by atoms with Gasteiger partial charge in [-0.3, -0.25) is 0 Å². The third-order valence-corrected chi connectivity index (χ3v) is 1.90. The van der Waals surface area contributed by atoms with Crippen molar-refractivity contribution in [3.05, 3.63) is 11.9 Å². The summed E-state index contributed by atoms with van der Waals surface area (Å²) in [6.45, 7) is 5.13. The Labute approximate surface area is 85.2 Å². The van der Waals surface area contributed by atoms with Crippen molar-refractivity contribution < 1.29 is 0 Å². The Morgan fingerprint density at radius 3 is 2.50 bits per heavy atom. The highest BCUT2D eigenvalue weighted by Crippen LogP contribution is 2.10. The van der Waals surface area contributed by atoms with Crippen molar-refractivity contribution in [2.45, 2.75) is 26.7 Å². The number of hydrogen-bond acceptors (Lipinski definition) is 4. The van der Waals surface area contributed by atoms with Gasteiger partial charge in [0, 0.05) is 26.1 Å². The van der Waals surface area contributed by atoms with Crippen LogP contribution in [0.25, 0.3) is 0 Å². The molecule has 0 saturated heterocycles. The van der Waals surface area contributed by atoms with Gasteiger partial charge in [0.15, 0.2) is 0 Å². The van der Waals surface area contributed by atoms with Gasteiger partial charge in [0.2, 0.25) is 0 Å². The van der Waals surface area contributed by atoms with Crippen molar-refractivity contribution in [2.75, 3.05) is 24.2 Å². The first-order valence-electron chi connectivity index (χ1n) is 5.09. The van der Waals surface area contributed by atoms with E-state index in [1.165, 1.54) is 0 Å². The van der Waals surface area contributed by atoms with Gasteiger partial charge in [0.25, 0.3) is 0 Å². The van der Waals surface area contributed by atoms with E-state index >= 15 is 0 Å². The summed E-state index contributed by atoms with van der Waals surface area (Å²) >= 11 is 0. The van der Waals surface area contributed by atoms with Crippen molar-refractivity contribution in [1.29, 1.82) is 0 Å². The lowest BCUT2D eigenvalue weighted by Gasteiger charge is -2.07. The van der Waals surface area contributed by atoms with Gasteiger partial charge in [-0.15, -0.1) is 0 Å². The second kappa shape index (κ2) is 5.42. The lowest BCUT2D eigenvalue weighted by molar-refractivity contribution is 0.918. The Kier molecular flexibility index (Phi) is 4.16. The average Bonchev–Trinajstić information content (AvgIpc) is 2.25. The third kappa shape index (κ3) is 2.87. The van der Waals surface area contributed by atoms with Crippen molar-refractivity contribution >= 4 is 11.6 Å². The highest BCUT2D eigenvalue weighted by Gasteiger charge is 2.00. The Morgan fingerprint density at radius 1 is 1.21 bits per heavy atom. The zero-order valence-electron chi connectivity index (χ0n) is 9.09. The number of anilines is 2. The lowest BCUT2D eigenvalue weighted by Crippen LogP contribution is -2.06. The lowest BCUT2D eigenvalue weighted by atomic mass is 10.4. The van der Waals surface area contributed by atoms with Gasteiger partial charge >= 0.3 is 0 Å². The van der Waals surface area contributed by atoms with Gasteiger partial charge in [0.1, 0.15) is 17.5 Å². The molecule has 0 aliphatic heterocycles. The highest BCUT2D eigenvalue weighted by atomic mass is 15.1. The van der Waals surface area contributed by atoms with Crippen LogP contribution in [-0.2, 0) is 6.42 Å². The maximum Gasteiger partial charge on any atom is 0.132 e. The molecule has 78 valence electrons. The second-order valence-electron chi connectivity index (χ2n) is 3.08. The number of rotatable bonds is 5. The molecular formula is C10H18N4. The summed E-state index contributed by atoms with van der Waals surface area (Å²) in [6, 6.07) is 1.93. The summed E-state index contributed by atoms with van der Waals surface area (Å²) < 4.78 is 0. The molecule has 2 N–H and O–H groups in total. The second-order valence-corrected chi connectivity index (χ2v) is 3.08. The largest absolute Gasteiger partial charge is 0.373 e. The van der Waals surface area contributed by atoms with E-state index < -0.39 is 0 Å². The smallest absolute Gasteiger partial charge is 0.132 e. The Morgan fingerprint density at radius 2 is 1.93 bits per heavy atom. The maximum atomic E-state index is 4.38. The van der Waals surface area contributed by atoms with Crippen LogP contribution in [0.2, 0.25) is 0 Å². The first-order chi connectivity index (χ1) is 6.80. The van der Waals surface area contributed by atoms with Crippen LogP contribution in [-0.4, -0.2) is 23.6 Å². The monoisotopic (exact) mass is 194 g/mol. The number of aromatic nitrogens is 2. The normalized spacial score (nSPS) is 9.93. The molecule has 14 heavy (non-hydrogen) atoms. The van der Waals surface area contributed by atoms with Crippen molar-refractivity contribution in [3.8, 4) is 0 Å². The molecule has 0 saturated carbocycles. The van der Waals surface area contributed by atoms with E-state index in [9.17, 15) is 0 Å². The number of nitrogens with one attached hydrogen (secondary N) is 2. The summed E-state index contributed by atoms with van der Waals surface area (Å²) in [6.07, 6.45) is 1.96. The summed E-state index contributed by atoms with van der Waals surface area (Å²) in [5, 5.41) is 6.28. The van der Waals surface area contributed by atoms with Gasteiger partial charge < -0.3 is 10.6 Å². The van der Waals surface area contributed by atoms with Crippen LogP contribution < -0.4 is 10.6 Å². The number of hydrogen-bond donors (Lipinski definition) is 2. The predicted molar refractivity (Wildman–Crippen MR) is 59.7 cm³/mol. The van der Waals surface area contributed by atoms with Crippen LogP contribution in [0.5, 0.6) is 0 Å². The van der Waals surface area contributed by atoms with E-state index in [2.05, 4.69) is 34.4 Å². The van der Waals surface area contributed by atoms with Crippen LogP contribution >= 0.6 is 0 Å². The molecule has 4 heteroatoms. The Bertz CT molecular complexity index is 263. The van der Waals surface area contributed by atoms with Crippen molar-refractivity contribution in [2.24, 2.45) is 0 Å². The number of nitrogens with zero attached hydrogens (tertiary/aromatic N) is 2. The minimum Gasteiger partial charge on any atom is -0.373 e. The SMILES string of the molecule is CCCNc1cc(NC)nc(CC)n1. The van der Waals surface area contributed by atoms with Gasteiger partial charge in [-0.25, -0.2) is 9.97 Å². The molecule has 0 spiro atoms. The minimum absolute atomic E-state index is 0.857. The fourth-order valence-corrected chi connectivity index (χ4v) is 1.13. The first kappa shape index (κ1) is 10.8. The molecule has 0 aliphatic carbocycles. The number of aryl methyl sites for hydroxylation is 1. The summed E-state index contributed by atoms with van der Waals surface area (Å²) in [5.74, 6) is 2.65. The molecule has 0 aliphatic rings. The average molecular weight is 194 g/mol. The van der Waals surface area contributed by atoms with E-state index in [-0.39, 0.29) is 0 Å². The van der Waals surface area contributed by atoms with Crippen LogP contribution in [0.1, 0.15) is 26.1 Å². The third-order valence-electron chi connectivity index (χ3n) is 1.90. The molecule has 1 rings (SSSR count). The molecule has 0 aromatic carbocycles. The van der Waals surface area contributed by atoms with E-state index in [0.29, 0.717) is 0 Å². The molecular weight excluding hydrogens is 176 g/mol. The van der Waals surface area contributed by atoms with Crippen LogP contribution in [0.4, 0.5) is 11.6 Å². The maximum absolute atomic E-state index is 4.38. The van der Waals surface area contributed by atoms with E-state index in [0.717, 1.165) is 36.8 Å². The van der Waals surface area contributed by atoms with Crippen LogP contribution in [0.3, 0.4) is 0 Å². The molecule has 1 aromatic heterocycles. The van der Waals surface area contributed by atoms with Crippen LogP contribution in [0.15, 0.2) is 6.07 Å². The molecule has 0 fully saturated rings. The van der Waals surface area contributed by atoms with E-state index in [1.54, 1.807) is 0 Å². The molecule has 0 amide bonds. The zero-order valence-corrected chi connectivity index (χ0v) is 9.09. The fourth-order valence-electron chi connectivity index (χ4n) is 1.13. The first-order valence-corrected chi connectivity index (χ1v) is 5.09. The molecule has 0 atom stereocenters. The zero-order chi connectivity index (χ0) is 10.4. The summed E-state index contributed by atoms with van der Waals surface area (Å²) in [5.41, 5.74) is 0. The van der Waals surface area contributed by atoms with Gasteiger partial charge in [0.05, 0.1) is 0 Å². The van der Waals surface area contributed by atoms with E-state index in [1.807, 2.05) is 13.1 Å². The fraction of sp³-hybridized carbons (Fsp3) is 0.600. The summed E-state index contributed by atoms with van der Waals surface area (Å²) in [4.78, 5) is 8.69. The van der Waals surface area contributed by atoms with E-state index in [4.69, 9.17) is 0 Å². The Hall–Kier alpha value is -1.32. The molecule has 1 aromatic rings. The van der Waals surface area contributed by atoms with Crippen molar-refractivity contribution in [1.82, 2.24) is 9.97 Å². The predicted octanol–water partition coefficient (Wildman–Crippen LogP) is 1.90. The van der Waals surface area contributed by atoms with Crippen molar-refractivity contribution in [3.63, 3.8) is 0 Å². The molecule has 0 unspecified atom stereocenters. The molecule has 0 bridgehead atoms. The molecule has 0 radical (unpaired) electrons. The minimum atomic E-state index is 0.857. The quantitative estimate of drug-likeness (QED) is 0.751. The Balaban J connectivity index is 2.81. The topological polar surface area (TPSA) is 49.8 Å². The van der Waals surface area contributed by atoms with Crippen LogP contribution in [0, 0.1) is 0 Å². The van der Waals surface area contributed by atoms with Gasteiger partial charge in [-0.2, -0.15) is 0 Å². The standard InChI is InChI=1S/C10H18N4/c1-4-6-12-10-7-9(11-3)13-8(5-2)14-10/h7H,4-6H2,1-3H3,(H2,11,12,13,14).